The number of nitrogens with zero attached hydrogens (tertiary/aromatic N) is 1. The van der Waals surface area contributed by atoms with Gasteiger partial charge in [-0.15, -0.1) is 0 Å². The maximum absolute atomic E-state index is 13.5. The van der Waals surface area contributed by atoms with Gasteiger partial charge in [-0.25, -0.2) is 8.42 Å². The number of anilines is 1. The Morgan fingerprint density at radius 3 is 2.16 bits per heavy atom. The summed E-state index contributed by atoms with van der Waals surface area (Å²) in [4.78, 5) is 25.8. The van der Waals surface area contributed by atoms with Crippen LogP contribution in [0, 0.1) is 12.3 Å². The smallest absolute Gasteiger partial charge is 0.323 e. The lowest BCUT2D eigenvalue weighted by molar-refractivity contribution is -0.169. The molecule has 0 spiro atoms. The van der Waals surface area contributed by atoms with E-state index in [4.69, 9.17) is 9.47 Å². The van der Waals surface area contributed by atoms with Crippen LogP contribution in [0.15, 0.2) is 52.9 Å². The van der Waals surface area contributed by atoms with Crippen molar-refractivity contribution in [3.05, 3.63) is 64.7 Å². The minimum Gasteiger partial charge on any atom is -0.468 e. The number of carbonyl (C=O) groups is 2. The lowest BCUT2D eigenvalue weighted by Gasteiger charge is -2.28. The zero-order valence-corrected chi connectivity index (χ0v) is 19.3. The van der Waals surface area contributed by atoms with Gasteiger partial charge in [0.15, 0.2) is 5.41 Å². The monoisotopic (exact) mass is 455 g/mol. The molecule has 7 nitrogen and oxygen atoms in total. The molecule has 4 rings (SSSR count). The Hall–Kier alpha value is -3.13. The average molecular weight is 456 g/mol. The number of carbonyl (C=O) groups excluding carboxylic acids is 2. The lowest BCUT2D eigenvalue weighted by atomic mass is 9.77. The Labute approximate surface area is 187 Å². The Balaban J connectivity index is 1.88. The van der Waals surface area contributed by atoms with Gasteiger partial charge in [0, 0.05) is 12.0 Å². The van der Waals surface area contributed by atoms with Gasteiger partial charge in [-0.05, 0) is 49.6 Å². The molecular weight excluding hydrogens is 430 g/mol. The van der Waals surface area contributed by atoms with Gasteiger partial charge in [-0.3, -0.25) is 13.9 Å². The third kappa shape index (κ3) is 3.21. The molecule has 0 fully saturated rings. The molecule has 0 amide bonds. The molecule has 1 heterocycles. The van der Waals surface area contributed by atoms with Gasteiger partial charge in [0.25, 0.3) is 10.0 Å². The minimum absolute atomic E-state index is 0.0643. The fourth-order valence-electron chi connectivity index (χ4n) is 4.71. The summed E-state index contributed by atoms with van der Waals surface area (Å²) in [7, 11) is -1.30. The second-order valence-corrected chi connectivity index (χ2v) is 10.2. The van der Waals surface area contributed by atoms with Crippen molar-refractivity contribution in [2.45, 2.75) is 31.6 Å². The van der Waals surface area contributed by atoms with Crippen molar-refractivity contribution in [1.29, 1.82) is 0 Å². The summed E-state index contributed by atoms with van der Waals surface area (Å²) in [5.74, 6) is -1.32. The Kier molecular flexibility index (Phi) is 5.36. The van der Waals surface area contributed by atoms with E-state index in [1.807, 2.05) is 19.9 Å². The fraction of sp³-hybridized carbons (Fsp3) is 0.333. The van der Waals surface area contributed by atoms with Crippen LogP contribution in [0.3, 0.4) is 0 Å². The molecule has 1 aliphatic heterocycles. The summed E-state index contributed by atoms with van der Waals surface area (Å²) < 4.78 is 38.4. The number of ether oxygens (including phenoxy) is 2. The minimum atomic E-state index is -3.79. The lowest BCUT2D eigenvalue weighted by Crippen LogP contribution is -2.43. The molecule has 168 valence electrons. The van der Waals surface area contributed by atoms with Gasteiger partial charge in [0.05, 0.1) is 31.3 Å². The van der Waals surface area contributed by atoms with Crippen LogP contribution in [-0.4, -0.2) is 41.1 Å². The number of sulfonamides is 1. The van der Waals surface area contributed by atoms with Gasteiger partial charge < -0.3 is 9.47 Å². The zero-order valence-electron chi connectivity index (χ0n) is 18.5. The first-order valence-corrected chi connectivity index (χ1v) is 11.7. The second-order valence-electron chi connectivity index (χ2n) is 8.31. The van der Waals surface area contributed by atoms with Gasteiger partial charge in [0.1, 0.15) is 0 Å². The Morgan fingerprint density at radius 1 is 0.938 bits per heavy atom. The third-order valence-electron chi connectivity index (χ3n) is 6.34. The number of hydrogen-bond donors (Lipinski definition) is 0. The highest BCUT2D eigenvalue weighted by atomic mass is 32.2. The predicted octanol–water partition coefficient (Wildman–Crippen LogP) is 3.26. The van der Waals surface area contributed by atoms with Crippen LogP contribution >= 0.6 is 0 Å². The summed E-state index contributed by atoms with van der Waals surface area (Å²) in [6, 6.07) is 12.1. The van der Waals surface area contributed by atoms with Gasteiger partial charge >= 0.3 is 11.9 Å². The van der Waals surface area contributed by atoms with Crippen LogP contribution in [0.2, 0.25) is 0 Å². The van der Waals surface area contributed by atoms with Crippen LogP contribution in [0.25, 0.3) is 5.57 Å². The number of esters is 2. The van der Waals surface area contributed by atoms with E-state index in [0.29, 0.717) is 11.3 Å². The first kappa shape index (κ1) is 22.1. The van der Waals surface area contributed by atoms with Crippen molar-refractivity contribution in [2.75, 3.05) is 25.1 Å². The summed E-state index contributed by atoms with van der Waals surface area (Å²) in [6.07, 6.45) is 0.156. The van der Waals surface area contributed by atoms with E-state index in [9.17, 15) is 18.0 Å². The topological polar surface area (TPSA) is 90.0 Å². The summed E-state index contributed by atoms with van der Waals surface area (Å²) >= 11 is 0. The molecule has 0 saturated carbocycles. The molecule has 0 N–H and O–H groups in total. The highest BCUT2D eigenvalue weighted by Crippen LogP contribution is 2.49. The fourth-order valence-corrected chi connectivity index (χ4v) is 6.15. The summed E-state index contributed by atoms with van der Waals surface area (Å²) in [5, 5.41) is 0. The van der Waals surface area contributed by atoms with Crippen molar-refractivity contribution in [2.24, 2.45) is 5.41 Å². The van der Waals surface area contributed by atoms with E-state index < -0.39 is 27.4 Å². The molecule has 0 bridgehead atoms. The van der Waals surface area contributed by atoms with Crippen LogP contribution in [0.5, 0.6) is 0 Å². The number of allylic oxidation sites excluding steroid dienone is 1. The first-order valence-electron chi connectivity index (χ1n) is 10.2. The standard InChI is InChI=1S/C24H25NO6S/c1-15-8-10-18(11-9-15)32(28,29)25-14-19-16(2)12-24(22(26)30-3,23(27)31-4)13-17-6-5-7-20(25)21(17)19/h5-11H,12-14H2,1-4H3. The molecule has 0 aromatic heterocycles. The van der Waals surface area contributed by atoms with E-state index in [1.165, 1.54) is 18.5 Å². The van der Waals surface area contributed by atoms with E-state index in [2.05, 4.69) is 0 Å². The van der Waals surface area contributed by atoms with Gasteiger partial charge in [-0.2, -0.15) is 0 Å². The van der Waals surface area contributed by atoms with Crippen molar-refractivity contribution in [3.8, 4) is 0 Å². The quantitative estimate of drug-likeness (QED) is 0.519. The van der Waals surface area contributed by atoms with Crippen LogP contribution in [0.1, 0.15) is 30.0 Å². The number of hydrogen-bond acceptors (Lipinski definition) is 6. The Morgan fingerprint density at radius 2 is 1.56 bits per heavy atom. The van der Waals surface area contributed by atoms with Crippen molar-refractivity contribution >= 4 is 33.2 Å². The summed E-state index contributed by atoms with van der Waals surface area (Å²) in [6.45, 7) is 3.86. The average Bonchev–Trinajstić information content (AvgIpc) is 3.13. The molecule has 2 aliphatic rings. The number of methoxy groups -OCH3 is 2. The first-order chi connectivity index (χ1) is 15.2. The van der Waals surface area contributed by atoms with Crippen LogP contribution in [0.4, 0.5) is 5.69 Å². The largest absolute Gasteiger partial charge is 0.468 e. The predicted molar refractivity (Wildman–Crippen MR) is 120 cm³/mol. The molecule has 0 unspecified atom stereocenters. The van der Waals surface area contributed by atoms with E-state index in [1.54, 1.807) is 36.4 Å². The molecule has 2 aromatic rings. The molecule has 0 radical (unpaired) electrons. The zero-order chi connectivity index (χ0) is 23.3. The maximum Gasteiger partial charge on any atom is 0.323 e. The number of rotatable bonds is 4. The van der Waals surface area contributed by atoms with Crippen LogP contribution in [-0.2, 0) is 35.5 Å². The van der Waals surface area contributed by atoms with Crippen molar-refractivity contribution in [3.63, 3.8) is 0 Å². The van der Waals surface area contributed by atoms with Crippen LogP contribution < -0.4 is 4.31 Å². The molecule has 0 atom stereocenters. The Bertz CT molecular complexity index is 1230. The number of aryl methyl sites for hydroxylation is 1. The SMILES string of the molecule is COC(=O)C1(C(=O)OC)CC(C)=C2CN(S(=O)(=O)c3ccc(C)cc3)c3cccc(c32)C1. The second kappa shape index (κ2) is 7.78. The van der Waals surface area contributed by atoms with E-state index in [-0.39, 0.29) is 24.3 Å². The normalized spacial score (nSPS) is 16.9. The number of benzene rings is 2. The van der Waals surface area contributed by atoms with E-state index >= 15 is 0 Å². The molecular formula is C24H25NO6S. The summed E-state index contributed by atoms with van der Waals surface area (Å²) in [5.41, 5.74) is 3.04. The molecule has 32 heavy (non-hydrogen) atoms. The van der Waals surface area contributed by atoms with Crippen molar-refractivity contribution in [1.82, 2.24) is 0 Å². The van der Waals surface area contributed by atoms with Crippen molar-refractivity contribution < 1.29 is 27.5 Å². The third-order valence-corrected chi connectivity index (χ3v) is 8.11. The molecule has 0 saturated heterocycles. The molecule has 2 aromatic carbocycles. The highest BCUT2D eigenvalue weighted by molar-refractivity contribution is 7.92. The maximum atomic E-state index is 13.5. The molecule has 8 heteroatoms. The highest BCUT2D eigenvalue weighted by Gasteiger charge is 2.51. The van der Waals surface area contributed by atoms with E-state index in [0.717, 1.165) is 22.3 Å². The molecule has 1 aliphatic carbocycles. The van der Waals surface area contributed by atoms with Gasteiger partial charge in [0.2, 0.25) is 0 Å². The van der Waals surface area contributed by atoms with Gasteiger partial charge in [-0.1, -0.05) is 35.4 Å².